The maximum atomic E-state index is 6.16. The van der Waals surface area contributed by atoms with Crippen LogP contribution in [0.3, 0.4) is 0 Å². The molecule has 0 spiro atoms. The van der Waals surface area contributed by atoms with Gasteiger partial charge >= 0.3 is 0 Å². The van der Waals surface area contributed by atoms with Crippen molar-refractivity contribution >= 4 is 0 Å². The fourth-order valence-corrected chi connectivity index (χ4v) is 1.82. The Hall–Kier alpha value is -0.830. The van der Waals surface area contributed by atoms with Crippen LogP contribution in [0.2, 0.25) is 0 Å². The van der Waals surface area contributed by atoms with Gasteiger partial charge < -0.3 is 5.73 Å². The summed E-state index contributed by atoms with van der Waals surface area (Å²) in [4.78, 5) is 0. The molecule has 72 valence electrons. The average Bonchev–Trinajstić information content (AvgIpc) is 2.72. The SMILES string of the molecule is CCCc1c(C2(N)CC2)cnn1C. The summed E-state index contributed by atoms with van der Waals surface area (Å²) in [6, 6.07) is 0. The smallest absolute Gasteiger partial charge is 0.0543 e. The number of hydrogen-bond acceptors (Lipinski definition) is 2. The van der Waals surface area contributed by atoms with Crippen molar-refractivity contribution in [2.24, 2.45) is 12.8 Å². The van der Waals surface area contributed by atoms with Gasteiger partial charge in [-0.1, -0.05) is 13.3 Å². The molecule has 0 unspecified atom stereocenters. The second kappa shape index (κ2) is 2.84. The number of hydrogen-bond donors (Lipinski definition) is 1. The van der Waals surface area contributed by atoms with Crippen LogP contribution >= 0.6 is 0 Å². The lowest BCUT2D eigenvalue weighted by atomic mass is 10.0. The van der Waals surface area contributed by atoms with Gasteiger partial charge in [-0.05, 0) is 19.3 Å². The summed E-state index contributed by atoms with van der Waals surface area (Å²) >= 11 is 0. The van der Waals surface area contributed by atoms with Crippen molar-refractivity contribution in [2.75, 3.05) is 0 Å². The summed E-state index contributed by atoms with van der Waals surface area (Å²) in [5.41, 5.74) is 8.73. The third kappa shape index (κ3) is 1.37. The fraction of sp³-hybridized carbons (Fsp3) is 0.700. The van der Waals surface area contributed by atoms with Crippen LogP contribution in [0.25, 0.3) is 0 Å². The molecule has 2 N–H and O–H groups in total. The molecule has 1 heterocycles. The minimum atomic E-state index is -0.0290. The lowest BCUT2D eigenvalue weighted by molar-refractivity contribution is 0.670. The Morgan fingerprint density at radius 2 is 2.31 bits per heavy atom. The van der Waals surface area contributed by atoms with Crippen LogP contribution in [-0.4, -0.2) is 9.78 Å². The number of rotatable bonds is 3. The second-order valence-corrected chi connectivity index (χ2v) is 4.03. The van der Waals surface area contributed by atoms with E-state index in [0.29, 0.717) is 0 Å². The van der Waals surface area contributed by atoms with Gasteiger partial charge in [-0.2, -0.15) is 5.10 Å². The van der Waals surface area contributed by atoms with E-state index in [1.54, 1.807) is 0 Å². The second-order valence-electron chi connectivity index (χ2n) is 4.03. The highest BCUT2D eigenvalue weighted by Crippen LogP contribution is 2.44. The highest BCUT2D eigenvalue weighted by atomic mass is 15.3. The van der Waals surface area contributed by atoms with Gasteiger partial charge in [0.25, 0.3) is 0 Å². The van der Waals surface area contributed by atoms with Crippen molar-refractivity contribution in [2.45, 2.75) is 38.1 Å². The van der Waals surface area contributed by atoms with E-state index >= 15 is 0 Å². The predicted molar refractivity (Wildman–Crippen MR) is 52.3 cm³/mol. The minimum absolute atomic E-state index is 0.0290. The maximum Gasteiger partial charge on any atom is 0.0543 e. The van der Waals surface area contributed by atoms with Gasteiger partial charge in [0.15, 0.2) is 0 Å². The lowest BCUT2D eigenvalue weighted by Gasteiger charge is -2.09. The van der Waals surface area contributed by atoms with Gasteiger partial charge in [0.05, 0.1) is 6.20 Å². The van der Waals surface area contributed by atoms with Gasteiger partial charge in [-0.25, -0.2) is 0 Å². The number of nitrogens with two attached hydrogens (primary N) is 1. The van der Waals surface area contributed by atoms with Crippen molar-refractivity contribution in [1.29, 1.82) is 0 Å². The Bertz CT molecular complexity index is 310. The van der Waals surface area contributed by atoms with E-state index in [2.05, 4.69) is 12.0 Å². The molecule has 1 aromatic heterocycles. The van der Waals surface area contributed by atoms with Crippen LogP contribution in [-0.2, 0) is 19.0 Å². The Balaban J connectivity index is 2.34. The predicted octanol–water partition coefficient (Wildman–Crippen LogP) is 1.32. The maximum absolute atomic E-state index is 6.16. The molecule has 0 saturated heterocycles. The molecule has 2 rings (SSSR count). The number of aromatic nitrogens is 2. The number of aryl methyl sites for hydroxylation is 1. The van der Waals surface area contributed by atoms with E-state index in [9.17, 15) is 0 Å². The minimum Gasteiger partial charge on any atom is -0.321 e. The van der Waals surface area contributed by atoms with Gasteiger partial charge in [0, 0.05) is 23.8 Å². The van der Waals surface area contributed by atoms with E-state index in [-0.39, 0.29) is 5.54 Å². The summed E-state index contributed by atoms with van der Waals surface area (Å²) in [6.07, 6.45) is 6.43. The van der Waals surface area contributed by atoms with Crippen molar-refractivity contribution in [1.82, 2.24) is 9.78 Å². The Labute approximate surface area is 78.9 Å². The molecule has 3 nitrogen and oxygen atoms in total. The van der Waals surface area contributed by atoms with Crippen molar-refractivity contribution in [3.63, 3.8) is 0 Å². The van der Waals surface area contributed by atoms with Crippen LogP contribution in [0.1, 0.15) is 37.4 Å². The van der Waals surface area contributed by atoms with Crippen LogP contribution in [0.4, 0.5) is 0 Å². The first-order valence-electron chi connectivity index (χ1n) is 4.97. The molecule has 0 amide bonds. The summed E-state index contributed by atoms with van der Waals surface area (Å²) in [6.45, 7) is 2.19. The highest BCUT2D eigenvalue weighted by molar-refractivity contribution is 5.31. The van der Waals surface area contributed by atoms with Gasteiger partial charge in [0.1, 0.15) is 0 Å². The molecule has 0 aliphatic heterocycles. The molecule has 1 aromatic rings. The van der Waals surface area contributed by atoms with E-state index in [1.807, 2.05) is 17.9 Å². The van der Waals surface area contributed by atoms with E-state index in [0.717, 1.165) is 25.7 Å². The molecule has 1 aliphatic carbocycles. The zero-order valence-corrected chi connectivity index (χ0v) is 8.38. The summed E-state index contributed by atoms with van der Waals surface area (Å²) in [7, 11) is 2.00. The zero-order chi connectivity index (χ0) is 9.47. The third-order valence-electron chi connectivity index (χ3n) is 2.87. The van der Waals surface area contributed by atoms with Crippen LogP contribution < -0.4 is 5.73 Å². The Kier molecular flexibility index (Phi) is 1.91. The molecule has 1 fully saturated rings. The topological polar surface area (TPSA) is 43.8 Å². The van der Waals surface area contributed by atoms with Crippen molar-refractivity contribution in [3.8, 4) is 0 Å². The quantitative estimate of drug-likeness (QED) is 0.760. The van der Waals surface area contributed by atoms with Gasteiger partial charge in [0.2, 0.25) is 0 Å². The van der Waals surface area contributed by atoms with Crippen molar-refractivity contribution in [3.05, 3.63) is 17.5 Å². The molecule has 0 radical (unpaired) electrons. The fourth-order valence-electron chi connectivity index (χ4n) is 1.82. The first-order valence-corrected chi connectivity index (χ1v) is 4.97. The summed E-state index contributed by atoms with van der Waals surface area (Å²) < 4.78 is 1.96. The number of nitrogens with zero attached hydrogens (tertiary/aromatic N) is 2. The Morgan fingerprint density at radius 3 is 2.85 bits per heavy atom. The molecule has 1 saturated carbocycles. The monoisotopic (exact) mass is 179 g/mol. The Morgan fingerprint density at radius 1 is 1.62 bits per heavy atom. The largest absolute Gasteiger partial charge is 0.321 e. The van der Waals surface area contributed by atoms with E-state index in [1.165, 1.54) is 11.3 Å². The summed E-state index contributed by atoms with van der Waals surface area (Å²) in [5.74, 6) is 0. The first kappa shape index (κ1) is 8.75. The molecular formula is C10H17N3. The van der Waals surface area contributed by atoms with Crippen LogP contribution in [0.15, 0.2) is 6.20 Å². The zero-order valence-electron chi connectivity index (χ0n) is 8.38. The first-order chi connectivity index (χ1) is 6.17. The van der Waals surface area contributed by atoms with Crippen LogP contribution in [0.5, 0.6) is 0 Å². The normalized spacial score (nSPS) is 19.0. The standard InChI is InChI=1S/C10H17N3/c1-3-4-9-8(7-12-13(9)2)10(11)5-6-10/h7H,3-6,11H2,1-2H3. The highest BCUT2D eigenvalue weighted by Gasteiger charge is 2.42. The molecule has 1 aliphatic rings. The average molecular weight is 179 g/mol. The lowest BCUT2D eigenvalue weighted by Crippen LogP contribution is -2.20. The van der Waals surface area contributed by atoms with Crippen LogP contribution in [0, 0.1) is 0 Å². The van der Waals surface area contributed by atoms with E-state index < -0.39 is 0 Å². The molecule has 0 aromatic carbocycles. The molecule has 0 bridgehead atoms. The van der Waals surface area contributed by atoms with Crippen molar-refractivity contribution < 1.29 is 0 Å². The molecule has 3 heteroatoms. The van der Waals surface area contributed by atoms with Gasteiger partial charge in [-0.15, -0.1) is 0 Å². The molecule has 0 atom stereocenters. The third-order valence-corrected chi connectivity index (χ3v) is 2.87. The molecular weight excluding hydrogens is 162 g/mol. The van der Waals surface area contributed by atoms with Gasteiger partial charge in [-0.3, -0.25) is 4.68 Å². The summed E-state index contributed by atoms with van der Waals surface area (Å²) in [5, 5.41) is 4.28. The molecule has 13 heavy (non-hydrogen) atoms. The van der Waals surface area contributed by atoms with E-state index in [4.69, 9.17) is 5.73 Å².